The van der Waals surface area contributed by atoms with Crippen molar-refractivity contribution in [1.82, 2.24) is 4.90 Å². The van der Waals surface area contributed by atoms with E-state index in [2.05, 4.69) is 15.0 Å². The number of ether oxygens (including phenoxy) is 1. The lowest BCUT2D eigenvalue weighted by atomic mass is 10.1. The normalized spacial score (nSPS) is 15.0. The summed E-state index contributed by atoms with van der Waals surface area (Å²) in [5.74, 6) is -0.139. The van der Waals surface area contributed by atoms with E-state index in [1.807, 2.05) is 54.6 Å². The molecule has 36 heavy (non-hydrogen) atoms. The highest BCUT2D eigenvalue weighted by atomic mass is 19.4. The number of methoxy groups -OCH3 is 1. The minimum Gasteiger partial charge on any atom is -0.497 e. The maximum Gasteiger partial charge on any atom is 0.416 e. The van der Waals surface area contributed by atoms with Crippen molar-refractivity contribution in [1.29, 1.82) is 0 Å². The van der Waals surface area contributed by atoms with Crippen LogP contribution in [0.1, 0.15) is 21.5 Å². The molecule has 3 aromatic rings. The van der Waals surface area contributed by atoms with Crippen molar-refractivity contribution in [2.75, 3.05) is 44.7 Å². The second-order valence-corrected chi connectivity index (χ2v) is 8.32. The van der Waals surface area contributed by atoms with E-state index in [4.69, 9.17) is 9.57 Å². The zero-order chi connectivity index (χ0) is 25.5. The first kappa shape index (κ1) is 25.2. The van der Waals surface area contributed by atoms with Gasteiger partial charge in [-0.25, -0.2) is 4.79 Å². The van der Waals surface area contributed by atoms with E-state index < -0.39 is 17.7 Å². The standard InChI is InChI=1S/C27H26F3N3O3/c1-35-24-12-10-23(11-13-24)33-16-14-32(15-17-33)19-25(20-6-3-2-4-7-20)31-36-26(34)21-8-5-9-22(18-21)27(28,29)30/h2-13,18H,14-17,19H2,1H3. The molecule has 0 aromatic heterocycles. The molecule has 3 aromatic carbocycles. The summed E-state index contributed by atoms with van der Waals surface area (Å²) in [7, 11) is 1.64. The number of oxime groups is 1. The number of nitrogens with zero attached hydrogens (tertiary/aromatic N) is 3. The third-order valence-corrected chi connectivity index (χ3v) is 5.95. The van der Waals surface area contributed by atoms with Gasteiger partial charge in [-0.2, -0.15) is 13.2 Å². The average molecular weight is 498 g/mol. The summed E-state index contributed by atoms with van der Waals surface area (Å²) in [6.45, 7) is 3.56. The molecular weight excluding hydrogens is 471 g/mol. The van der Waals surface area contributed by atoms with Crippen LogP contribution in [0.5, 0.6) is 5.75 Å². The Morgan fingerprint density at radius 1 is 0.889 bits per heavy atom. The second-order valence-electron chi connectivity index (χ2n) is 8.32. The van der Waals surface area contributed by atoms with Gasteiger partial charge in [0.05, 0.1) is 18.2 Å². The first-order chi connectivity index (χ1) is 17.3. The molecule has 0 amide bonds. The van der Waals surface area contributed by atoms with Crippen molar-refractivity contribution < 1.29 is 27.5 Å². The van der Waals surface area contributed by atoms with Gasteiger partial charge < -0.3 is 14.5 Å². The first-order valence-corrected chi connectivity index (χ1v) is 11.5. The lowest BCUT2D eigenvalue weighted by molar-refractivity contribution is -0.137. The van der Waals surface area contributed by atoms with Crippen molar-refractivity contribution in [3.63, 3.8) is 0 Å². The monoisotopic (exact) mass is 497 g/mol. The number of hydrogen-bond donors (Lipinski definition) is 0. The van der Waals surface area contributed by atoms with Gasteiger partial charge in [-0.3, -0.25) is 4.90 Å². The molecule has 0 radical (unpaired) electrons. The maximum absolute atomic E-state index is 13.0. The number of rotatable bonds is 7. The molecule has 0 aliphatic carbocycles. The van der Waals surface area contributed by atoms with Crippen LogP contribution in [0, 0.1) is 0 Å². The summed E-state index contributed by atoms with van der Waals surface area (Å²) < 4.78 is 44.2. The molecule has 1 aliphatic heterocycles. The van der Waals surface area contributed by atoms with Crippen LogP contribution in [-0.2, 0) is 11.0 Å². The van der Waals surface area contributed by atoms with E-state index in [0.717, 1.165) is 55.3 Å². The number of hydrogen-bond acceptors (Lipinski definition) is 6. The van der Waals surface area contributed by atoms with Crippen molar-refractivity contribution in [2.45, 2.75) is 6.18 Å². The van der Waals surface area contributed by atoms with Crippen molar-refractivity contribution >= 4 is 17.4 Å². The predicted octanol–water partition coefficient (Wildman–Crippen LogP) is 5.10. The third-order valence-electron chi connectivity index (χ3n) is 5.95. The summed E-state index contributed by atoms with van der Waals surface area (Å²) in [6.07, 6.45) is -4.55. The number of carbonyl (C=O) groups excluding carboxylic acids is 1. The van der Waals surface area contributed by atoms with Gasteiger partial charge in [0.1, 0.15) is 11.5 Å². The summed E-state index contributed by atoms with van der Waals surface area (Å²) >= 11 is 0. The summed E-state index contributed by atoms with van der Waals surface area (Å²) in [4.78, 5) is 22.0. The van der Waals surface area contributed by atoms with Gasteiger partial charge in [-0.05, 0) is 42.5 Å². The molecule has 0 unspecified atom stereocenters. The molecule has 0 saturated carbocycles. The molecular formula is C27H26F3N3O3. The van der Waals surface area contributed by atoms with Crippen LogP contribution in [-0.4, -0.2) is 56.4 Å². The van der Waals surface area contributed by atoms with Crippen LogP contribution < -0.4 is 9.64 Å². The summed E-state index contributed by atoms with van der Waals surface area (Å²) in [5.41, 5.74) is 1.27. The second kappa shape index (κ2) is 11.3. The first-order valence-electron chi connectivity index (χ1n) is 11.5. The number of anilines is 1. The van der Waals surface area contributed by atoms with Gasteiger partial charge in [-0.15, -0.1) is 0 Å². The number of carbonyl (C=O) groups is 1. The van der Waals surface area contributed by atoms with Crippen molar-refractivity contribution in [3.8, 4) is 5.75 Å². The van der Waals surface area contributed by atoms with Crippen LogP contribution in [0.2, 0.25) is 0 Å². The minimum atomic E-state index is -4.55. The van der Waals surface area contributed by atoms with Crippen LogP contribution in [0.3, 0.4) is 0 Å². The molecule has 0 bridgehead atoms. The zero-order valence-corrected chi connectivity index (χ0v) is 19.7. The van der Waals surface area contributed by atoms with E-state index in [-0.39, 0.29) is 5.56 Å². The van der Waals surface area contributed by atoms with E-state index in [9.17, 15) is 18.0 Å². The van der Waals surface area contributed by atoms with Gasteiger partial charge in [0.2, 0.25) is 0 Å². The summed E-state index contributed by atoms with van der Waals surface area (Å²) in [6, 6.07) is 21.3. The highest BCUT2D eigenvalue weighted by Gasteiger charge is 2.31. The van der Waals surface area contributed by atoms with Crippen LogP contribution in [0.25, 0.3) is 0 Å². The lowest BCUT2D eigenvalue weighted by Crippen LogP contribution is -2.48. The molecule has 1 heterocycles. The minimum absolute atomic E-state index is 0.214. The fraction of sp³-hybridized carbons (Fsp3) is 0.259. The van der Waals surface area contributed by atoms with Crippen LogP contribution in [0.15, 0.2) is 84.0 Å². The molecule has 0 atom stereocenters. The molecule has 4 rings (SSSR count). The Kier molecular flexibility index (Phi) is 7.90. The van der Waals surface area contributed by atoms with Crippen molar-refractivity contribution in [2.24, 2.45) is 5.16 Å². The number of piperazine rings is 1. The van der Waals surface area contributed by atoms with Gasteiger partial charge >= 0.3 is 12.1 Å². The summed E-state index contributed by atoms with van der Waals surface area (Å²) in [5, 5.41) is 4.07. The van der Waals surface area contributed by atoms with Gasteiger partial charge in [0.15, 0.2) is 0 Å². The topological polar surface area (TPSA) is 54.4 Å². The van der Waals surface area contributed by atoms with Crippen LogP contribution in [0.4, 0.5) is 18.9 Å². The third kappa shape index (κ3) is 6.42. The Hall–Kier alpha value is -3.85. The van der Waals surface area contributed by atoms with E-state index in [0.29, 0.717) is 12.3 Å². The average Bonchev–Trinajstić information content (AvgIpc) is 2.91. The van der Waals surface area contributed by atoms with Gasteiger partial charge in [0.25, 0.3) is 0 Å². The molecule has 188 valence electrons. The maximum atomic E-state index is 13.0. The van der Waals surface area contributed by atoms with Gasteiger partial charge in [0, 0.05) is 44.0 Å². The molecule has 9 heteroatoms. The highest BCUT2D eigenvalue weighted by molar-refractivity contribution is 6.02. The predicted molar refractivity (Wildman–Crippen MR) is 131 cm³/mol. The molecule has 1 saturated heterocycles. The Balaban J connectivity index is 1.43. The Morgan fingerprint density at radius 2 is 1.56 bits per heavy atom. The molecule has 0 N–H and O–H groups in total. The zero-order valence-electron chi connectivity index (χ0n) is 19.7. The SMILES string of the molecule is COc1ccc(N2CCN(CC(=NOC(=O)c3cccc(C(F)(F)F)c3)c3ccccc3)CC2)cc1. The van der Waals surface area contributed by atoms with Gasteiger partial charge in [-0.1, -0.05) is 41.6 Å². The number of halogens is 3. The van der Waals surface area contributed by atoms with Crippen molar-refractivity contribution in [3.05, 3.63) is 95.6 Å². The number of alkyl halides is 3. The Bertz CT molecular complexity index is 1190. The fourth-order valence-corrected chi connectivity index (χ4v) is 3.94. The lowest BCUT2D eigenvalue weighted by Gasteiger charge is -2.36. The van der Waals surface area contributed by atoms with E-state index in [1.54, 1.807) is 7.11 Å². The fourth-order valence-electron chi connectivity index (χ4n) is 3.94. The molecule has 1 aliphatic rings. The van der Waals surface area contributed by atoms with Crippen LogP contribution >= 0.6 is 0 Å². The van der Waals surface area contributed by atoms with E-state index >= 15 is 0 Å². The highest BCUT2D eigenvalue weighted by Crippen LogP contribution is 2.29. The Labute approximate surface area is 207 Å². The number of benzene rings is 3. The Morgan fingerprint density at radius 3 is 2.19 bits per heavy atom. The molecule has 6 nitrogen and oxygen atoms in total. The van der Waals surface area contributed by atoms with E-state index in [1.165, 1.54) is 12.1 Å². The smallest absolute Gasteiger partial charge is 0.416 e. The molecule has 1 fully saturated rings. The quantitative estimate of drug-likeness (QED) is 0.258. The largest absolute Gasteiger partial charge is 0.497 e. The molecule has 0 spiro atoms.